The normalized spacial score (nSPS) is 10.8. The van der Waals surface area contributed by atoms with E-state index in [9.17, 15) is 5.11 Å². The summed E-state index contributed by atoms with van der Waals surface area (Å²) in [5.74, 6) is 0. The van der Waals surface area contributed by atoms with Gasteiger partial charge in [-0.3, -0.25) is 4.98 Å². The predicted molar refractivity (Wildman–Crippen MR) is 61.5 cm³/mol. The Morgan fingerprint density at radius 3 is 2.56 bits per heavy atom. The lowest BCUT2D eigenvalue weighted by Crippen LogP contribution is -2.02. The van der Waals surface area contributed by atoms with Crippen LogP contribution in [0.15, 0.2) is 18.6 Å². The Kier molecular flexibility index (Phi) is 2.75. The van der Waals surface area contributed by atoms with Crippen LogP contribution < -0.4 is 0 Å². The molecule has 0 atom stereocenters. The van der Waals surface area contributed by atoms with Crippen LogP contribution in [0.4, 0.5) is 0 Å². The fraction of sp³-hybridized carbons (Fsp3) is 0.333. The van der Waals surface area contributed by atoms with Crippen LogP contribution in [-0.2, 0) is 6.61 Å². The molecule has 0 radical (unpaired) electrons. The maximum absolute atomic E-state index is 9.29. The van der Waals surface area contributed by atoms with Crippen molar-refractivity contribution in [3.63, 3.8) is 0 Å². The highest BCUT2D eigenvalue weighted by molar-refractivity contribution is 5.42. The molecule has 0 aliphatic heterocycles. The third-order valence-corrected chi connectivity index (χ3v) is 2.78. The average Bonchev–Trinajstić information content (AvgIpc) is 2.60. The molecule has 0 aliphatic rings. The van der Waals surface area contributed by atoms with Gasteiger partial charge >= 0.3 is 0 Å². The number of rotatable bonds is 2. The van der Waals surface area contributed by atoms with Crippen molar-refractivity contribution < 1.29 is 5.11 Å². The van der Waals surface area contributed by atoms with Crippen LogP contribution in [0, 0.1) is 20.8 Å². The smallest absolute Gasteiger partial charge is 0.0997 e. The Balaban J connectivity index is 2.62. The highest BCUT2D eigenvalue weighted by Gasteiger charge is 2.09. The monoisotopic (exact) mass is 217 g/mol. The number of imidazole rings is 1. The Morgan fingerprint density at radius 2 is 2.00 bits per heavy atom. The summed E-state index contributed by atoms with van der Waals surface area (Å²) in [6.45, 7) is 5.90. The molecule has 0 amide bonds. The molecule has 1 N–H and O–H groups in total. The number of aliphatic hydroxyl groups is 1. The standard InChI is InChI=1S/C12H15N3O/c1-8-4-12(11(6-16)5-13-8)15-7-14-9(2)10(15)3/h4-5,7,16H,6H2,1-3H3. The Hall–Kier alpha value is -1.68. The molecule has 84 valence electrons. The molecule has 0 aromatic carbocycles. The molecule has 2 aromatic heterocycles. The largest absolute Gasteiger partial charge is 0.392 e. The van der Waals surface area contributed by atoms with Gasteiger partial charge in [0.25, 0.3) is 0 Å². The summed E-state index contributed by atoms with van der Waals surface area (Å²) < 4.78 is 1.98. The first-order valence-electron chi connectivity index (χ1n) is 5.20. The summed E-state index contributed by atoms with van der Waals surface area (Å²) in [6, 6.07) is 1.96. The van der Waals surface area contributed by atoms with Gasteiger partial charge in [0.1, 0.15) is 0 Å². The molecule has 4 nitrogen and oxygen atoms in total. The summed E-state index contributed by atoms with van der Waals surface area (Å²) in [7, 11) is 0. The highest BCUT2D eigenvalue weighted by atomic mass is 16.3. The van der Waals surface area contributed by atoms with Gasteiger partial charge in [0.2, 0.25) is 0 Å². The van der Waals surface area contributed by atoms with Crippen molar-refractivity contribution in [2.75, 3.05) is 0 Å². The van der Waals surface area contributed by atoms with E-state index in [0.717, 1.165) is 28.3 Å². The average molecular weight is 217 g/mol. The number of aromatic nitrogens is 3. The molecule has 16 heavy (non-hydrogen) atoms. The summed E-state index contributed by atoms with van der Waals surface area (Å²) >= 11 is 0. The second kappa shape index (κ2) is 4.06. The van der Waals surface area contributed by atoms with Crippen LogP contribution in [0.2, 0.25) is 0 Å². The molecule has 4 heteroatoms. The first-order chi connectivity index (χ1) is 7.63. The van der Waals surface area contributed by atoms with Crippen LogP contribution in [0.5, 0.6) is 0 Å². The minimum Gasteiger partial charge on any atom is -0.392 e. The Labute approximate surface area is 94.6 Å². The molecule has 0 aliphatic carbocycles. The molecule has 0 unspecified atom stereocenters. The Morgan fingerprint density at radius 1 is 1.25 bits per heavy atom. The summed E-state index contributed by atoms with van der Waals surface area (Å²) in [6.07, 6.45) is 3.48. The van der Waals surface area contributed by atoms with E-state index < -0.39 is 0 Å². The van der Waals surface area contributed by atoms with E-state index >= 15 is 0 Å². The van der Waals surface area contributed by atoms with Crippen molar-refractivity contribution in [2.45, 2.75) is 27.4 Å². The number of hydrogen-bond acceptors (Lipinski definition) is 3. The van der Waals surface area contributed by atoms with Gasteiger partial charge in [-0.1, -0.05) is 0 Å². The minimum absolute atomic E-state index is 0.0146. The number of hydrogen-bond donors (Lipinski definition) is 1. The fourth-order valence-corrected chi connectivity index (χ4v) is 1.66. The van der Waals surface area contributed by atoms with Gasteiger partial charge in [-0.2, -0.15) is 0 Å². The number of pyridine rings is 1. The lowest BCUT2D eigenvalue weighted by atomic mass is 10.2. The minimum atomic E-state index is -0.0146. The third-order valence-electron chi connectivity index (χ3n) is 2.78. The molecular formula is C12H15N3O. The second-order valence-electron chi connectivity index (χ2n) is 3.90. The highest BCUT2D eigenvalue weighted by Crippen LogP contribution is 2.18. The van der Waals surface area contributed by atoms with Crippen LogP contribution in [0.1, 0.15) is 22.6 Å². The molecule has 0 fully saturated rings. The van der Waals surface area contributed by atoms with Crippen molar-refractivity contribution in [3.05, 3.63) is 41.2 Å². The Bertz CT molecular complexity index is 517. The molecule has 0 bridgehead atoms. The van der Waals surface area contributed by atoms with Gasteiger partial charge in [0.05, 0.1) is 24.3 Å². The number of aryl methyl sites for hydroxylation is 2. The van der Waals surface area contributed by atoms with Gasteiger partial charge in [0.15, 0.2) is 0 Å². The fourth-order valence-electron chi connectivity index (χ4n) is 1.66. The molecule has 2 rings (SSSR count). The third kappa shape index (κ3) is 1.72. The first kappa shape index (κ1) is 10.8. The molecule has 0 saturated heterocycles. The van der Waals surface area contributed by atoms with Gasteiger partial charge in [-0.15, -0.1) is 0 Å². The molecule has 0 saturated carbocycles. The van der Waals surface area contributed by atoms with Gasteiger partial charge in [0, 0.05) is 23.1 Å². The number of nitrogens with zero attached hydrogens (tertiary/aromatic N) is 3. The summed E-state index contributed by atoms with van der Waals surface area (Å²) in [5.41, 5.74) is 4.77. The molecular weight excluding hydrogens is 202 g/mol. The maximum Gasteiger partial charge on any atom is 0.0997 e. The second-order valence-corrected chi connectivity index (χ2v) is 3.90. The zero-order chi connectivity index (χ0) is 11.7. The lowest BCUT2D eigenvalue weighted by Gasteiger charge is -2.10. The van der Waals surface area contributed by atoms with Crippen molar-refractivity contribution in [2.24, 2.45) is 0 Å². The predicted octanol–water partition coefficient (Wildman–Crippen LogP) is 1.68. The summed E-state index contributed by atoms with van der Waals surface area (Å²) in [5, 5.41) is 9.29. The van der Waals surface area contributed by atoms with E-state index in [4.69, 9.17) is 0 Å². The van der Waals surface area contributed by atoms with Crippen LogP contribution in [0.3, 0.4) is 0 Å². The lowest BCUT2D eigenvalue weighted by molar-refractivity contribution is 0.281. The van der Waals surface area contributed by atoms with Crippen molar-refractivity contribution >= 4 is 0 Å². The van der Waals surface area contributed by atoms with E-state index in [1.54, 1.807) is 12.5 Å². The molecule has 2 aromatic rings. The van der Waals surface area contributed by atoms with E-state index in [0.29, 0.717) is 0 Å². The first-order valence-corrected chi connectivity index (χ1v) is 5.20. The zero-order valence-electron chi connectivity index (χ0n) is 9.73. The van der Waals surface area contributed by atoms with Crippen molar-refractivity contribution in [3.8, 4) is 5.69 Å². The van der Waals surface area contributed by atoms with Gasteiger partial charge in [-0.25, -0.2) is 4.98 Å². The van der Waals surface area contributed by atoms with Crippen LogP contribution in [0.25, 0.3) is 5.69 Å². The van der Waals surface area contributed by atoms with E-state index in [2.05, 4.69) is 9.97 Å². The van der Waals surface area contributed by atoms with Gasteiger partial charge < -0.3 is 9.67 Å². The summed E-state index contributed by atoms with van der Waals surface area (Å²) in [4.78, 5) is 8.44. The van der Waals surface area contributed by atoms with Crippen LogP contribution >= 0.6 is 0 Å². The zero-order valence-corrected chi connectivity index (χ0v) is 9.73. The van der Waals surface area contributed by atoms with Crippen LogP contribution in [-0.4, -0.2) is 19.6 Å². The van der Waals surface area contributed by atoms with E-state index in [1.165, 1.54) is 0 Å². The topological polar surface area (TPSA) is 50.9 Å². The quantitative estimate of drug-likeness (QED) is 0.832. The van der Waals surface area contributed by atoms with Gasteiger partial charge in [-0.05, 0) is 26.8 Å². The van der Waals surface area contributed by atoms with E-state index in [1.807, 2.05) is 31.4 Å². The maximum atomic E-state index is 9.29. The SMILES string of the molecule is Cc1cc(-n2cnc(C)c2C)c(CO)cn1. The van der Waals surface area contributed by atoms with Crippen molar-refractivity contribution in [1.82, 2.24) is 14.5 Å². The molecule has 0 spiro atoms. The van der Waals surface area contributed by atoms with Crippen molar-refractivity contribution in [1.29, 1.82) is 0 Å². The molecule has 2 heterocycles. The van der Waals surface area contributed by atoms with E-state index in [-0.39, 0.29) is 6.61 Å². The number of aliphatic hydroxyl groups excluding tert-OH is 1.